The zero-order valence-corrected chi connectivity index (χ0v) is 9.26. The maximum absolute atomic E-state index is 12.0. The largest absolute Gasteiger partial charge is 0.273 e. The summed E-state index contributed by atoms with van der Waals surface area (Å²) in [6.07, 6.45) is 7.46. The summed E-state index contributed by atoms with van der Waals surface area (Å²) in [5, 5.41) is 1.79. The molecule has 15 heavy (non-hydrogen) atoms. The van der Waals surface area contributed by atoms with E-state index in [-0.39, 0.29) is 11.8 Å². The smallest absolute Gasteiger partial charge is 0.244 e. The molecule has 2 rings (SSSR count). The standard InChI is InChI=1S/C11H17N3O/c1-3-4-10-7-14(11(15)9(10)2)13-6-5-12-8-13/h5-6,8-10H,3-4,7H2,1-2H3. The molecule has 0 saturated carbocycles. The lowest BCUT2D eigenvalue weighted by molar-refractivity contribution is -0.121. The minimum absolute atomic E-state index is 0.146. The minimum atomic E-state index is 0.146. The Bertz CT molecular complexity index is 334. The molecule has 82 valence electrons. The van der Waals surface area contributed by atoms with E-state index in [1.54, 1.807) is 22.2 Å². The van der Waals surface area contributed by atoms with Crippen LogP contribution in [0.25, 0.3) is 0 Å². The van der Waals surface area contributed by atoms with Crippen molar-refractivity contribution in [3.8, 4) is 0 Å². The van der Waals surface area contributed by atoms with Crippen LogP contribution in [0.1, 0.15) is 26.7 Å². The van der Waals surface area contributed by atoms with E-state index in [0.29, 0.717) is 5.92 Å². The van der Waals surface area contributed by atoms with Gasteiger partial charge in [0.1, 0.15) is 6.33 Å². The van der Waals surface area contributed by atoms with E-state index in [4.69, 9.17) is 0 Å². The number of nitrogens with zero attached hydrogens (tertiary/aromatic N) is 3. The van der Waals surface area contributed by atoms with Gasteiger partial charge < -0.3 is 0 Å². The molecule has 4 heteroatoms. The Kier molecular flexibility index (Phi) is 2.75. The topological polar surface area (TPSA) is 38.1 Å². The summed E-state index contributed by atoms with van der Waals surface area (Å²) in [6, 6.07) is 0. The first-order chi connectivity index (χ1) is 7.24. The molecule has 0 aliphatic carbocycles. The summed E-state index contributed by atoms with van der Waals surface area (Å²) in [6.45, 7) is 5.01. The first-order valence-corrected chi connectivity index (χ1v) is 5.53. The van der Waals surface area contributed by atoms with E-state index in [2.05, 4.69) is 11.9 Å². The molecule has 0 N–H and O–H groups in total. The lowest BCUT2D eigenvalue weighted by Gasteiger charge is -2.16. The lowest BCUT2D eigenvalue weighted by atomic mass is 9.93. The van der Waals surface area contributed by atoms with Crippen molar-refractivity contribution in [3.05, 3.63) is 18.7 Å². The van der Waals surface area contributed by atoms with Crippen LogP contribution in [0.5, 0.6) is 0 Å². The third-order valence-electron chi connectivity index (χ3n) is 3.19. The van der Waals surface area contributed by atoms with Gasteiger partial charge in [0.2, 0.25) is 5.91 Å². The van der Waals surface area contributed by atoms with E-state index < -0.39 is 0 Å². The summed E-state index contributed by atoms with van der Waals surface area (Å²) < 4.78 is 1.79. The van der Waals surface area contributed by atoms with Crippen molar-refractivity contribution < 1.29 is 4.79 Å². The summed E-state index contributed by atoms with van der Waals surface area (Å²) >= 11 is 0. The average molecular weight is 207 g/mol. The predicted octanol–water partition coefficient (Wildman–Crippen LogP) is 1.41. The number of imidazole rings is 1. The third-order valence-corrected chi connectivity index (χ3v) is 3.19. The first kappa shape index (κ1) is 10.2. The van der Waals surface area contributed by atoms with Crippen molar-refractivity contribution in [3.63, 3.8) is 0 Å². The average Bonchev–Trinajstić information content (AvgIpc) is 2.82. The summed E-state index contributed by atoms with van der Waals surface area (Å²) in [5.41, 5.74) is 0. The van der Waals surface area contributed by atoms with Gasteiger partial charge in [0, 0.05) is 24.9 Å². The van der Waals surface area contributed by atoms with Crippen LogP contribution >= 0.6 is 0 Å². The molecule has 1 aromatic rings. The maximum Gasteiger partial charge on any atom is 0.244 e. The van der Waals surface area contributed by atoms with Gasteiger partial charge in [0.15, 0.2) is 0 Å². The fourth-order valence-electron chi connectivity index (χ4n) is 2.22. The monoisotopic (exact) mass is 207 g/mol. The number of carbonyl (C=O) groups is 1. The molecule has 2 heterocycles. The second-order valence-corrected chi connectivity index (χ2v) is 4.20. The van der Waals surface area contributed by atoms with Gasteiger partial charge in [-0.1, -0.05) is 20.3 Å². The molecule has 0 bridgehead atoms. The number of hydrogen-bond donors (Lipinski definition) is 0. The highest BCUT2D eigenvalue weighted by atomic mass is 16.2. The fourth-order valence-corrected chi connectivity index (χ4v) is 2.22. The van der Waals surface area contributed by atoms with Crippen molar-refractivity contribution in [2.24, 2.45) is 11.8 Å². The molecule has 2 atom stereocenters. The SMILES string of the molecule is CCCC1CN(n2ccnc2)C(=O)C1C. The van der Waals surface area contributed by atoms with Gasteiger partial charge >= 0.3 is 0 Å². The molecule has 1 saturated heterocycles. The van der Waals surface area contributed by atoms with Crippen LogP contribution in [0.3, 0.4) is 0 Å². The minimum Gasteiger partial charge on any atom is -0.273 e. The Morgan fingerprint density at radius 3 is 3.00 bits per heavy atom. The molecule has 4 nitrogen and oxygen atoms in total. The van der Waals surface area contributed by atoms with Crippen LogP contribution in [0, 0.1) is 11.8 Å². The Labute approximate surface area is 89.9 Å². The van der Waals surface area contributed by atoms with Gasteiger partial charge in [-0.15, -0.1) is 0 Å². The van der Waals surface area contributed by atoms with E-state index in [9.17, 15) is 4.79 Å². The van der Waals surface area contributed by atoms with E-state index in [0.717, 1.165) is 19.4 Å². The molecule has 1 amide bonds. The summed E-state index contributed by atoms with van der Waals surface area (Å²) in [5.74, 6) is 0.851. The molecule has 0 radical (unpaired) electrons. The normalized spacial score (nSPS) is 26.3. The Hall–Kier alpha value is -1.32. The number of amides is 1. The lowest BCUT2D eigenvalue weighted by Crippen LogP contribution is -2.35. The third kappa shape index (κ3) is 1.76. The molecule has 1 aliphatic heterocycles. The van der Waals surface area contributed by atoms with Gasteiger partial charge in [0.05, 0.1) is 0 Å². The van der Waals surface area contributed by atoms with Crippen LogP contribution in [-0.2, 0) is 4.79 Å². The molecule has 1 aliphatic rings. The number of carbonyl (C=O) groups excluding carboxylic acids is 1. The highest BCUT2D eigenvalue weighted by molar-refractivity contribution is 5.90. The molecule has 0 aromatic carbocycles. The molecule has 1 fully saturated rings. The second-order valence-electron chi connectivity index (χ2n) is 4.20. The van der Waals surface area contributed by atoms with Crippen molar-refractivity contribution >= 4 is 5.91 Å². The Morgan fingerprint density at radius 1 is 1.60 bits per heavy atom. The quantitative estimate of drug-likeness (QED) is 0.751. The van der Waals surface area contributed by atoms with Crippen molar-refractivity contribution in [1.29, 1.82) is 0 Å². The van der Waals surface area contributed by atoms with Gasteiger partial charge in [-0.25, -0.2) is 14.7 Å². The molecule has 1 aromatic heterocycles. The van der Waals surface area contributed by atoms with Crippen molar-refractivity contribution in [2.75, 3.05) is 11.6 Å². The number of hydrogen-bond acceptors (Lipinski definition) is 2. The number of aromatic nitrogens is 2. The van der Waals surface area contributed by atoms with Crippen molar-refractivity contribution in [2.45, 2.75) is 26.7 Å². The van der Waals surface area contributed by atoms with Crippen LogP contribution in [0.2, 0.25) is 0 Å². The second kappa shape index (κ2) is 4.04. The Balaban J connectivity index is 2.13. The first-order valence-electron chi connectivity index (χ1n) is 5.53. The zero-order valence-electron chi connectivity index (χ0n) is 9.26. The van der Waals surface area contributed by atoms with Crippen LogP contribution in [0.15, 0.2) is 18.7 Å². The van der Waals surface area contributed by atoms with E-state index >= 15 is 0 Å². The van der Waals surface area contributed by atoms with E-state index in [1.165, 1.54) is 0 Å². The molecule has 0 spiro atoms. The molecular weight excluding hydrogens is 190 g/mol. The highest BCUT2D eigenvalue weighted by Crippen LogP contribution is 2.26. The highest BCUT2D eigenvalue weighted by Gasteiger charge is 2.37. The van der Waals surface area contributed by atoms with Gasteiger partial charge in [-0.2, -0.15) is 0 Å². The van der Waals surface area contributed by atoms with Gasteiger partial charge in [-0.3, -0.25) is 4.79 Å². The Morgan fingerprint density at radius 2 is 2.40 bits per heavy atom. The van der Waals surface area contributed by atoms with Crippen LogP contribution in [-0.4, -0.2) is 22.1 Å². The van der Waals surface area contributed by atoms with Crippen LogP contribution in [0.4, 0.5) is 0 Å². The van der Waals surface area contributed by atoms with Crippen molar-refractivity contribution in [1.82, 2.24) is 9.66 Å². The maximum atomic E-state index is 12.0. The van der Waals surface area contributed by atoms with Crippen LogP contribution < -0.4 is 5.01 Å². The summed E-state index contributed by atoms with van der Waals surface area (Å²) in [4.78, 5) is 15.9. The summed E-state index contributed by atoms with van der Waals surface area (Å²) in [7, 11) is 0. The van der Waals surface area contributed by atoms with E-state index in [1.807, 2.05) is 13.1 Å². The zero-order chi connectivity index (χ0) is 10.8. The van der Waals surface area contributed by atoms with Gasteiger partial charge in [-0.05, 0) is 12.3 Å². The fraction of sp³-hybridized carbons (Fsp3) is 0.636. The molecule has 2 unspecified atom stereocenters. The van der Waals surface area contributed by atoms with Gasteiger partial charge in [0.25, 0.3) is 0 Å². The predicted molar refractivity (Wildman–Crippen MR) is 57.9 cm³/mol. The molecular formula is C11H17N3O. The number of rotatable bonds is 3.